The summed E-state index contributed by atoms with van der Waals surface area (Å²) in [5, 5.41) is 0. The van der Waals surface area contributed by atoms with Crippen LogP contribution < -0.4 is 0 Å². The lowest BCUT2D eigenvalue weighted by atomic mass is 9.80. The second kappa shape index (κ2) is 6.89. The summed E-state index contributed by atoms with van der Waals surface area (Å²) in [6.45, 7) is 7.36. The van der Waals surface area contributed by atoms with Gasteiger partial charge in [-0.2, -0.15) is 0 Å². The highest BCUT2D eigenvalue weighted by atomic mass is 16.5. The van der Waals surface area contributed by atoms with Gasteiger partial charge in [0.1, 0.15) is 0 Å². The summed E-state index contributed by atoms with van der Waals surface area (Å²) in [5.41, 5.74) is -0.297. The number of hydrogen-bond acceptors (Lipinski definition) is 4. The first-order valence-corrected chi connectivity index (χ1v) is 5.35. The molecule has 0 atom stereocenters. The Morgan fingerprint density at radius 1 is 1.12 bits per heavy atom. The lowest BCUT2D eigenvalue weighted by Gasteiger charge is -2.25. The Hall–Kier alpha value is -1.58. The van der Waals surface area contributed by atoms with Crippen molar-refractivity contribution in [1.82, 2.24) is 0 Å². The molecule has 0 fully saturated rings. The maximum Gasteiger partial charge on any atom is 0.323 e. The molecule has 0 bridgehead atoms. The van der Waals surface area contributed by atoms with E-state index in [1.807, 2.05) is 19.9 Å². The molecule has 0 spiro atoms. The highest BCUT2D eigenvalue weighted by Gasteiger charge is 2.46. The van der Waals surface area contributed by atoms with Crippen molar-refractivity contribution < 1.29 is 19.1 Å². The summed E-state index contributed by atoms with van der Waals surface area (Å²) in [7, 11) is 2.51. The van der Waals surface area contributed by atoms with Crippen LogP contribution in [0.5, 0.6) is 0 Å². The van der Waals surface area contributed by atoms with Crippen LogP contribution >= 0.6 is 0 Å². The van der Waals surface area contributed by atoms with Gasteiger partial charge in [0.25, 0.3) is 0 Å². The second-order valence-electron chi connectivity index (χ2n) is 4.04. The molecule has 0 rings (SSSR count). The molecule has 0 unspecified atom stereocenters. The number of methoxy groups -OCH3 is 2. The van der Waals surface area contributed by atoms with Crippen LogP contribution in [0.2, 0.25) is 0 Å². The second-order valence-corrected chi connectivity index (χ2v) is 4.04. The Morgan fingerprint density at radius 3 is 1.88 bits per heavy atom. The highest BCUT2D eigenvalue weighted by molar-refractivity contribution is 6.00. The van der Waals surface area contributed by atoms with Crippen molar-refractivity contribution in [2.45, 2.75) is 26.7 Å². The molecule has 0 aliphatic carbocycles. The first-order chi connectivity index (χ1) is 7.94. The molecule has 4 heteroatoms. The van der Waals surface area contributed by atoms with E-state index in [4.69, 9.17) is 9.47 Å². The quantitative estimate of drug-likeness (QED) is 0.406. The van der Waals surface area contributed by atoms with Gasteiger partial charge in [-0.1, -0.05) is 17.7 Å². The van der Waals surface area contributed by atoms with Gasteiger partial charge in [0.05, 0.1) is 14.2 Å². The van der Waals surface area contributed by atoms with Crippen molar-refractivity contribution in [1.29, 1.82) is 0 Å². The van der Waals surface area contributed by atoms with E-state index in [2.05, 4.69) is 6.58 Å². The zero-order chi connectivity index (χ0) is 13.5. The third kappa shape index (κ3) is 3.73. The van der Waals surface area contributed by atoms with E-state index in [0.29, 0.717) is 0 Å². The number of allylic oxidation sites excluding steroid dienone is 3. The van der Waals surface area contributed by atoms with Crippen LogP contribution in [0.3, 0.4) is 0 Å². The van der Waals surface area contributed by atoms with Crippen molar-refractivity contribution in [3.05, 3.63) is 24.3 Å². The molecule has 0 N–H and O–H groups in total. The monoisotopic (exact) mass is 240 g/mol. The maximum atomic E-state index is 11.8. The zero-order valence-corrected chi connectivity index (χ0v) is 10.9. The summed E-state index contributed by atoms with van der Waals surface area (Å²) in [6, 6.07) is 0. The van der Waals surface area contributed by atoms with Crippen LogP contribution in [-0.2, 0) is 19.1 Å². The van der Waals surface area contributed by atoms with E-state index >= 15 is 0 Å². The van der Waals surface area contributed by atoms with Crippen LogP contribution in [0.1, 0.15) is 26.7 Å². The standard InChI is InChI=1S/C13H20O4/c1-6-8-13(11(14)16-4,12(15)17-5)9-7-10(2)3/h6-7H,1,8-9H2,2-5H3. The minimum absolute atomic E-state index is 0.191. The third-order valence-corrected chi connectivity index (χ3v) is 2.50. The predicted molar refractivity (Wildman–Crippen MR) is 65.3 cm³/mol. The fraction of sp³-hybridized carbons (Fsp3) is 0.538. The van der Waals surface area contributed by atoms with Gasteiger partial charge in [-0.25, -0.2) is 0 Å². The molecule has 17 heavy (non-hydrogen) atoms. The van der Waals surface area contributed by atoms with Crippen molar-refractivity contribution in [2.75, 3.05) is 14.2 Å². The van der Waals surface area contributed by atoms with E-state index in [1.54, 1.807) is 0 Å². The molecule has 0 aliphatic heterocycles. The van der Waals surface area contributed by atoms with Crippen molar-refractivity contribution >= 4 is 11.9 Å². The van der Waals surface area contributed by atoms with Gasteiger partial charge in [0.15, 0.2) is 5.41 Å². The van der Waals surface area contributed by atoms with Crippen LogP contribution in [0.4, 0.5) is 0 Å². The molecule has 0 saturated heterocycles. The SMILES string of the molecule is C=CCC(CC=C(C)C)(C(=O)OC)C(=O)OC. The molecule has 0 amide bonds. The molecule has 0 radical (unpaired) electrons. The molecule has 0 heterocycles. The average molecular weight is 240 g/mol. The van der Waals surface area contributed by atoms with Gasteiger partial charge in [-0.05, 0) is 26.7 Å². The number of carbonyl (C=O) groups excluding carboxylic acids is 2. The number of esters is 2. The van der Waals surface area contributed by atoms with Crippen molar-refractivity contribution in [2.24, 2.45) is 5.41 Å². The Balaban J connectivity index is 5.38. The molecule has 0 aromatic carbocycles. The van der Waals surface area contributed by atoms with E-state index in [-0.39, 0.29) is 12.8 Å². The average Bonchev–Trinajstić information content (AvgIpc) is 2.32. The van der Waals surface area contributed by atoms with Gasteiger partial charge in [0, 0.05) is 0 Å². The number of rotatable bonds is 6. The molecule has 0 aromatic heterocycles. The smallest absolute Gasteiger partial charge is 0.323 e. The zero-order valence-electron chi connectivity index (χ0n) is 10.9. The minimum Gasteiger partial charge on any atom is -0.468 e. The fourth-order valence-corrected chi connectivity index (χ4v) is 1.52. The van der Waals surface area contributed by atoms with Gasteiger partial charge in [-0.3, -0.25) is 9.59 Å². The van der Waals surface area contributed by atoms with E-state index in [0.717, 1.165) is 5.57 Å². The largest absolute Gasteiger partial charge is 0.468 e. The fourth-order valence-electron chi connectivity index (χ4n) is 1.52. The van der Waals surface area contributed by atoms with E-state index in [9.17, 15) is 9.59 Å². The Bertz CT molecular complexity index is 308. The van der Waals surface area contributed by atoms with E-state index in [1.165, 1.54) is 20.3 Å². The summed E-state index contributed by atoms with van der Waals surface area (Å²) in [4.78, 5) is 23.7. The molecule has 0 saturated carbocycles. The topological polar surface area (TPSA) is 52.6 Å². The number of carbonyl (C=O) groups is 2. The highest BCUT2D eigenvalue weighted by Crippen LogP contribution is 2.31. The predicted octanol–water partition coefficient (Wildman–Crippen LogP) is 2.25. The summed E-state index contributed by atoms with van der Waals surface area (Å²) < 4.78 is 9.41. The molecule has 4 nitrogen and oxygen atoms in total. The van der Waals surface area contributed by atoms with Crippen LogP contribution in [0, 0.1) is 5.41 Å². The first-order valence-electron chi connectivity index (χ1n) is 5.35. The summed E-state index contributed by atoms with van der Waals surface area (Å²) in [6.07, 6.45) is 3.78. The van der Waals surface area contributed by atoms with Crippen LogP contribution in [-0.4, -0.2) is 26.2 Å². The van der Waals surface area contributed by atoms with Crippen molar-refractivity contribution in [3.8, 4) is 0 Å². The van der Waals surface area contributed by atoms with Gasteiger partial charge in [0.2, 0.25) is 0 Å². The molecular weight excluding hydrogens is 220 g/mol. The molecule has 0 aromatic rings. The summed E-state index contributed by atoms with van der Waals surface area (Å²) in [5.74, 6) is -1.19. The molecule has 96 valence electrons. The van der Waals surface area contributed by atoms with Gasteiger partial charge >= 0.3 is 11.9 Å². The number of hydrogen-bond donors (Lipinski definition) is 0. The number of ether oxygens (including phenoxy) is 2. The Kier molecular flexibility index (Phi) is 6.25. The summed E-state index contributed by atoms with van der Waals surface area (Å²) >= 11 is 0. The molecular formula is C13H20O4. The Morgan fingerprint density at radius 2 is 1.59 bits per heavy atom. The Labute approximate surface area is 102 Å². The van der Waals surface area contributed by atoms with Gasteiger partial charge < -0.3 is 9.47 Å². The van der Waals surface area contributed by atoms with Gasteiger partial charge in [-0.15, -0.1) is 6.58 Å². The lowest BCUT2D eigenvalue weighted by molar-refractivity contribution is -0.168. The minimum atomic E-state index is -1.32. The normalized spacial score (nSPS) is 10.4. The molecule has 0 aliphatic rings. The van der Waals surface area contributed by atoms with Crippen LogP contribution in [0.15, 0.2) is 24.3 Å². The first kappa shape index (κ1) is 15.4. The lowest BCUT2D eigenvalue weighted by Crippen LogP contribution is -2.40. The maximum absolute atomic E-state index is 11.8. The van der Waals surface area contributed by atoms with Crippen molar-refractivity contribution in [3.63, 3.8) is 0 Å². The third-order valence-electron chi connectivity index (χ3n) is 2.50. The van der Waals surface area contributed by atoms with E-state index < -0.39 is 17.4 Å². The van der Waals surface area contributed by atoms with Crippen LogP contribution in [0.25, 0.3) is 0 Å².